The number of fused-ring (bicyclic) bond motifs is 9. The normalized spacial score (nSPS) is 25.8. The zero-order chi connectivity index (χ0) is 25.1. The van der Waals surface area contributed by atoms with Crippen molar-refractivity contribution in [2.45, 2.75) is 69.7 Å². The van der Waals surface area contributed by atoms with Gasteiger partial charge in [0.1, 0.15) is 10.6 Å². The highest BCUT2D eigenvalue weighted by Gasteiger charge is 2.54. The molecule has 0 radical (unpaired) electrons. The first-order chi connectivity index (χ1) is 18.1. The number of aryl methyl sites for hydroxylation is 3. The highest BCUT2D eigenvalue weighted by Crippen LogP contribution is 2.62. The second-order valence-corrected chi connectivity index (χ2v) is 12.6. The predicted octanol–water partition coefficient (Wildman–Crippen LogP) is 6.67. The number of hydrogen-bond acceptors (Lipinski definition) is 4. The summed E-state index contributed by atoms with van der Waals surface area (Å²) in [6.45, 7) is 3.17. The molecule has 1 saturated carbocycles. The van der Waals surface area contributed by atoms with E-state index in [1.807, 2.05) is 10.6 Å². The van der Waals surface area contributed by atoms with Gasteiger partial charge in [0.25, 0.3) is 5.56 Å². The minimum atomic E-state index is 0.0722. The second-order valence-electron chi connectivity index (χ2n) is 11.6. The Morgan fingerprint density at radius 2 is 2.03 bits per heavy atom. The summed E-state index contributed by atoms with van der Waals surface area (Å²) in [5.74, 6) is 2.89. The Morgan fingerprint density at radius 1 is 1.16 bits per heavy atom. The minimum absolute atomic E-state index is 0.0722. The average Bonchev–Trinajstić information content (AvgIpc) is 3.44. The van der Waals surface area contributed by atoms with Gasteiger partial charge < -0.3 is 4.74 Å². The van der Waals surface area contributed by atoms with E-state index in [0.717, 1.165) is 48.1 Å². The highest BCUT2D eigenvalue weighted by molar-refractivity contribution is 7.18. The number of ether oxygens (including phenoxy) is 1. The smallest absolute Gasteiger partial charge is 0.262 e. The highest BCUT2D eigenvalue weighted by atomic mass is 32.1. The lowest BCUT2D eigenvalue weighted by Gasteiger charge is -2.49. The van der Waals surface area contributed by atoms with Crippen LogP contribution in [-0.4, -0.2) is 16.7 Å². The molecular formula is C32H34N2O2S. The summed E-state index contributed by atoms with van der Waals surface area (Å²) >= 11 is 1.78. The third-order valence-corrected chi connectivity index (χ3v) is 10.9. The van der Waals surface area contributed by atoms with Crippen LogP contribution >= 0.6 is 11.3 Å². The molecule has 4 aromatic rings. The van der Waals surface area contributed by atoms with Crippen molar-refractivity contribution >= 4 is 21.6 Å². The van der Waals surface area contributed by atoms with Crippen molar-refractivity contribution in [3.63, 3.8) is 0 Å². The summed E-state index contributed by atoms with van der Waals surface area (Å²) in [5.41, 5.74) is 5.93. The van der Waals surface area contributed by atoms with Crippen LogP contribution in [0.2, 0.25) is 0 Å². The van der Waals surface area contributed by atoms with E-state index in [1.54, 1.807) is 30.3 Å². The van der Waals surface area contributed by atoms with Crippen LogP contribution in [0.4, 0.5) is 0 Å². The van der Waals surface area contributed by atoms with Crippen LogP contribution in [0.15, 0.2) is 59.7 Å². The van der Waals surface area contributed by atoms with Crippen LogP contribution in [0.3, 0.4) is 0 Å². The molecular weight excluding hydrogens is 476 g/mol. The molecule has 7 rings (SSSR count). The fraction of sp³-hybridized carbons (Fsp3) is 0.438. The molecule has 4 nitrogen and oxygen atoms in total. The number of thiophene rings is 1. The van der Waals surface area contributed by atoms with E-state index in [4.69, 9.17) is 9.72 Å². The lowest BCUT2D eigenvalue weighted by molar-refractivity contribution is 0.106. The molecule has 2 aromatic carbocycles. The van der Waals surface area contributed by atoms with Crippen LogP contribution in [0.25, 0.3) is 10.2 Å². The number of aromatic nitrogens is 2. The first kappa shape index (κ1) is 23.2. The van der Waals surface area contributed by atoms with E-state index in [-0.39, 0.29) is 11.0 Å². The van der Waals surface area contributed by atoms with Crippen molar-refractivity contribution in [2.24, 2.45) is 11.8 Å². The van der Waals surface area contributed by atoms with Gasteiger partial charge in [0.15, 0.2) is 0 Å². The maximum absolute atomic E-state index is 13.8. The number of hydrogen-bond donors (Lipinski definition) is 0. The summed E-state index contributed by atoms with van der Waals surface area (Å²) < 4.78 is 7.37. The largest absolute Gasteiger partial charge is 0.497 e. The molecule has 0 amide bonds. The van der Waals surface area contributed by atoms with Crippen LogP contribution < -0.4 is 10.3 Å². The number of nitrogens with zero attached hydrogens (tertiary/aromatic N) is 2. The fourth-order valence-corrected chi connectivity index (χ4v) is 9.30. The Balaban J connectivity index is 1.19. The van der Waals surface area contributed by atoms with Gasteiger partial charge in [-0.1, -0.05) is 43.3 Å². The van der Waals surface area contributed by atoms with Crippen molar-refractivity contribution in [3.05, 3.63) is 92.3 Å². The first-order valence-corrected chi connectivity index (χ1v) is 14.6. The van der Waals surface area contributed by atoms with E-state index in [9.17, 15) is 4.79 Å². The van der Waals surface area contributed by atoms with Crippen molar-refractivity contribution in [1.29, 1.82) is 0 Å². The molecule has 1 fully saturated rings. The molecule has 37 heavy (non-hydrogen) atoms. The predicted molar refractivity (Wildman–Crippen MR) is 150 cm³/mol. The van der Waals surface area contributed by atoms with Crippen molar-refractivity contribution in [1.82, 2.24) is 9.55 Å². The van der Waals surface area contributed by atoms with Gasteiger partial charge in [-0.25, -0.2) is 4.98 Å². The van der Waals surface area contributed by atoms with Crippen molar-refractivity contribution in [3.8, 4) is 5.75 Å². The molecule has 0 unspecified atom stereocenters. The molecule has 2 heterocycles. The van der Waals surface area contributed by atoms with Crippen LogP contribution in [0.1, 0.15) is 65.7 Å². The molecule has 190 valence electrons. The Bertz CT molecular complexity index is 1540. The van der Waals surface area contributed by atoms with Gasteiger partial charge >= 0.3 is 0 Å². The first-order valence-electron chi connectivity index (χ1n) is 13.8. The summed E-state index contributed by atoms with van der Waals surface area (Å²) in [5, 5.41) is 0.923. The quantitative estimate of drug-likeness (QED) is 0.301. The van der Waals surface area contributed by atoms with Gasteiger partial charge in [-0.05, 0) is 103 Å². The number of methoxy groups -OCH3 is 1. The monoisotopic (exact) mass is 510 g/mol. The lowest BCUT2D eigenvalue weighted by Crippen LogP contribution is -2.43. The molecule has 0 aliphatic heterocycles. The Labute approximate surface area is 222 Å². The van der Waals surface area contributed by atoms with Gasteiger partial charge in [-0.3, -0.25) is 9.36 Å². The maximum Gasteiger partial charge on any atom is 0.262 e. The summed E-state index contributed by atoms with van der Waals surface area (Å²) in [7, 11) is 1.76. The topological polar surface area (TPSA) is 44.1 Å². The van der Waals surface area contributed by atoms with E-state index in [2.05, 4.69) is 49.4 Å². The van der Waals surface area contributed by atoms with Crippen LogP contribution in [0.5, 0.6) is 5.75 Å². The molecule has 0 spiro atoms. The number of benzene rings is 2. The zero-order valence-corrected chi connectivity index (χ0v) is 22.5. The fourth-order valence-electron chi connectivity index (χ4n) is 7.97. The summed E-state index contributed by atoms with van der Waals surface area (Å²) in [6.07, 6.45) is 9.51. The third-order valence-electron chi connectivity index (χ3n) is 9.76. The van der Waals surface area contributed by atoms with Gasteiger partial charge in [0.05, 0.1) is 18.8 Å². The van der Waals surface area contributed by atoms with Gasteiger partial charge in [-0.15, -0.1) is 11.3 Å². The van der Waals surface area contributed by atoms with Crippen LogP contribution in [0, 0.1) is 11.8 Å². The molecule has 0 N–H and O–H groups in total. The molecule has 3 aliphatic rings. The van der Waals surface area contributed by atoms with Gasteiger partial charge in [0, 0.05) is 11.4 Å². The molecule has 4 atom stereocenters. The zero-order valence-electron chi connectivity index (χ0n) is 21.7. The summed E-state index contributed by atoms with van der Waals surface area (Å²) in [4.78, 5) is 21.0. The van der Waals surface area contributed by atoms with Crippen LogP contribution in [-0.2, 0) is 31.2 Å². The molecule has 0 saturated heterocycles. The van der Waals surface area contributed by atoms with Crippen molar-refractivity contribution in [2.75, 3.05) is 7.11 Å². The Hall–Kier alpha value is -2.92. The summed E-state index contributed by atoms with van der Waals surface area (Å²) in [6, 6.07) is 17.2. The van der Waals surface area contributed by atoms with E-state index < -0.39 is 0 Å². The Kier molecular flexibility index (Phi) is 5.54. The maximum atomic E-state index is 13.8. The Morgan fingerprint density at radius 3 is 2.86 bits per heavy atom. The van der Waals surface area contributed by atoms with E-state index >= 15 is 0 Å². The molecule has 3 aliphatic carbocycles. The second kappa shape index (κ2) is 8.83. The van der Waals surface area contributed by atoms with Gasteiger partial charge in [0.2, 0.25) is 0 Å². The minimum Gasteiger partial charge on any atom is -0.497 e. The average molecular weight is 511 g/mol. The number of rotatable bonds is 5. The van der Waals surface area contributed by atoms with E-state index in [0.29, 0.717) is 24.3 Å². The lowest BCUT2D eigenvalue weighted by atomic mass is 9.55. The standard InChI is InChI=1S/C32H34N2O2S/c1-32-15-14-24-23-13-11-22(36-2)17-21(23)10-12-25(24)26(32)18-27-29(32)28-30(37-27)33-19-34(31(28)35)16-6-9-20-7-4-3-5-8-20/h3-5,7-8,11,13,17,19,24-26H,6,9-10,12,14-16,18H2,1-2H3/t24-,25+,26+,32+/m0/s1. The van der Waals surface area contributed by atoms with Gasteiger partial charge in [-0.2, -0.15) is 0 Å². The van der Waals surface area contributed by atoms with E-state index in [1.165, 1.54) is 34.4 Å². The third kappa shape index (κ3) is 3.61. The molecule has 2 aromatic heterocycles. The molecule has 0 bridgehead atoms. The van der Waals surface area contributed by atoms with Crippen molar-refractivity contribution < 1.29 is 4.74 Å². The molecule has 5 heteroatoms. The SMILES string of the molecule is COc1ccc2c(c1)CC[C@H]1[C@H]3Cc4sc5ncn(CCCc6ccccc6)c(=O)c5c4[C@]3(C)CC[C@@H]21.